The van der Waals surface area contributed by atoms with Gasteiger partial charge in [0, 0.05) is 40.3 Å². The molecule has 4 heteroatoms. The Morgan fingerprint density at radius 1 is 0.389 bits per heavy atom. The SMILES string of the molecule is N#Cc1ccc(-c2ccc3sc4cc5c(cc4c3c2)sc2ccc(-c3ccc(C#N)cc3)cc25)cc1. The van der Waals surface area contributed by atoms with Gasteiger partial charge in [0.15, 0.2) is 0 Å². The monoisotopic (exact) mass is 492 g/mol. The van der Waals surface area contributed by atoms with Crippen LogP contribution in [0.5, 0.6) is 0 Å². The van der Waals surface area contributed by atoms with Crippen LogP contribution >= 0.6 is 22.7 Å². The van der Waals surface area contributed by atoms with Gasteiger partial charge in [0.25, 0.3) is 0 Å². The molecule has 2 nitrogen and oxygen atoms in total. The summed E-state index contributed by atoms with van der Waals surface area (Å²) in [5, 5.41) is 23.3. The summed E-state index contributed by atoms with van der Waals surface area (Å²) in [5.74, 6) is 0. The summed E-state index contributed by atoms with van der Waals surface area (Å²) >= 11 is 3.67. The Morgan fingerprint density at radius 3 is 1.14 bits per heavy atom. The molecular weight excluding hydrogens is 477 g/mol. The molecule has 0 atom stereocenters. The highest BCUT2D eigenvalue weighted by Crippen LogP contribution is 2.43. The van der Waals surface area contributed by atoms with Gasteiger partial charge in [0.2, 0.25) is 0 Å². The number of hydrogen-bond acceptors (Lipinski definition) is 4. The number of fused-ring (bicyclic) bond motifs is 6. The molecule has 0 fully saturated rings. The number of thiophene rings is 2. The van der Waals surface area contributed by atoms with Crippen molar-refractivity contribution in [3.8, 4) is 34.4 Å². The largest absolute Gasteiger partial charge is 0.192 e. The standard InChI is InChI=1S/C32H16N2S2/c33-17-19-1-5-21(6-2-19)23-9-11-29-25(13-23)27-15-32-28(16-31(27)35-29)26-14-24(10-12-30(26)36-32)22-7-3-20(18-34)4-8-22/h1-16H. The quantitative estimate of drug-likeness (QED) is 0.241. The maximum Gasteiger partial charge on any atom is 0.0991 e. The predicted octanol–water partition coefficient (Wildman–Crippen LogP) is 9.50. The first-order valence-electron chi connectivity index (χ1n) is 11.5. The van der Waals surface area contributed by atoms with Gasteiger partial charge >= 0.3 is 0 Å². The summed E-state index contributed by atoms with van der Waals surface area (Å²) in [4.78, 5) is 0. The number of nitriles is 2. The Balaban J connectivity index is 1.38. The van der Waals surface area contributed by atoms with Gasteiger partial charge in [-0.2, -0.15) is 10.5 Å². The van der Waals surface area contributed by atoms with Crippen LogP contribution in [-0.4, -0.2) is 0 Å². The van der Waals surface area contributed by atoms with Crippen molar-refractivity contribution in [1.82, 2.24) is 0 Å². The van der Waals surface area contributed by atoms with Crippen molar-refractivity contribution in [2.75, 3.05) is 0 Å². The lowest BCUT2D eigenvalue weighted by atomic mass is 10.0. The van der Waals surface area contributed by atoms with Gasteiger partial charge in [-0.1, -0.05) is 36.4 Å². The fourth-order valence-electron chi connectivity index (χ4n) is 4.88. The van der Waals surface area contributed by atoms with E-state index in [4.69, 9.17) is 10.5 Å². The molecule has 0 amide bonds. The van der Waals surface area contributed by atoms with Crippen LogP contribution in [0.4, 0.5) is 0 Å². The van der Waals surface area contributed by atoms with Crippen molar-refractivity contribution < 1.29 is 0 Å². The van der Waals surface area contributed by atoms with Crippen LogP contribution in [0.1, 0.15) is 11.1 Å². The maximum absolute atomic E-state index is 9.10. The topological polar surface area (TPSA) is 47.6 Å². The fraction of sp³-hybridized carbons (Fsp3) is 0. The average molecular weight is 493 g/mol. The van der Waals surface area contributed by atoms with Gasteiger partial charge in [-0.25, -0.2) is 0 Å². The van der Waals surface area contributed by atoms with Crippen molar-refractivity contribution in [2.24, 2.45) is 0 Å². The molecular formula is C32H16N2S2. The zero-order valence-corrected chi connectivity index (χ0v) is 20.6. The summed E-state index contributed by atoms with van der Waals surface area (Å²) in [6, 6.07) is 37.9. The molecule has 0 spiro atoms. The van der Waals surface area contributed by atoms with E-state index in [0.29, 0.717) is 11.1 Å². The second kappa shape index (κ2) is 8.04. The van der Waals surface area contributed by atoms with Crippen LogP contribution in [0.3, 0.4) is 0 Å². The lowest BCUT2D eigenvalue weighted by Gasteiger charge is -2.03. The van der Waals surface area contributed by atoms with E-state index in [1.165, 1.54) is 40.3 Å². The molecule has 0 radical (unpaired) electrons. The molecule has 0 aliphatic rings. The Morgan fingerprint density at radius 2 is 0.750 bits per heavy atom. The molecule has 0 aliphatic carbocycles. The van der Waals surface area contributed by atoms with Gasteiger partial charge in [0.05, 0.1) is 23.3 Å². The lowest BCUT2D eigenvalue weighted by molar-refractivity contribution is 1.48. The van der Waals surface area contributed by atoms with Crippen molar-refractivity contribution in [3.05, 3.63) is 108 Å². The number of rotatable bonds is 2. The summed E-state index contributed by atoms with van der Waals surface area (Å²) in [6.45, 7) is 0. The van der Waals surface area contributed by atoms with Crippen molar-refractivity contribution in [2.45, 2.75) is 0 Å². The molecule has 0 saturated carbocycles. The molecule has 0 saturated heterocycles. The Labute approximate surface area is 215 Å². The minimum atomic E-state index is 0.676. The van der Waals surface area contributed by atoms with E-state index in [9.17, 15) is 0 Å². The van der Waals surface area contributed by atoms with Gasteiger partial charge in [-0.05, 0) is 82.9 Å². The molecule has 7 aromatic rings. The van der Waals surface area contributed by atoms with Gasteiger partial charge < -0.3 is 0 Å². The summed E-state index contributed by atoms with van der Waals surface area (Å²) in [7, 11) is 0. The minimum absolute atomic E-state index is 0.676. The van der Waals surface area contributed by atoms with Crippen LogP contribution in [0.25, 0.3) is 62.6 Å². The zero-order chi connectivity index (χ0) is 24.2. The summed E-state index contributed by atoms with van der Waals surface area (Å²) in [6.07, 6.45) is 0. The van der Waals surface area contributed by atoms with E-state index < -0.39 is 0 Å². The highest BCUT2D eigenvalue weighted by molar-refractivity contribution is 7.27. The van der Waals surface area contributed by atoms with Gasteiger partial charge in [0.1, 0.15) is 0 Å². The first-order chi connectivity index (χ1) is 17.7. The highest BCUT2D eigenvalue weighted by Gasteiger charge is 2.13. The number of benzene rings is 5. The molecule has 166 valence electrons. The smallest absolute Gasteiger partial charge is 0.0991 e. The molecule has 2 heterocycles. The van der Waals surface area contributed by atoms with Crippen molar-refractivity contribution >= 4 is 63.0 Å². The first kappa shape index (κ1) is 20.9. The molecule has 2 aromatic heterocycles. The molecule has 0 N–H and O–H groups in total. The van der Waals surface area contributed by atoms with Crippen LogP contribution in [-0.2, 0) is 0 Å². The third-order valence-corrected chi connectivity index (χ3v) is 9.02. The normalized spacial score (nSPS) is 11.3. The summed E-state index contributed by atoms with van der Waals surface area (Å²) < 4.78 is 5.14. The van der Waals surface area contributed by atoms with Crippen LogP contribution in [0, 0.1) is 22.7 Å². The maximum atomic E-state index is 9.10. The molecule has 36 heavy (non-hydrogen) atoms. The Kier molecular flexibility index (Phi) is 4.66. The number of hydrogen-bond donors (Lipinski definition) is 0. The first-order valence-corrected chi connectivity index (χ1v) is 13.2. The van der Waals surface area contributed by atoms with E-state index in [2.05, 4.69) is 60.7 Å². The Bertz CT molecular complexity index is 1890. The predicted molar refractivity (Wildman–Crippen MR) is 153 cm³/mol. The van der Waals surface area contributed by atoms with E-state index >= 15 is 0 Å². The highest BCUT2D eigenvalue weighted by atomic mass is 32.1. The van der Waals surface area contributed by atoms with E-state index in [-0.39, 0.29) is 0 Å². The van der Waals surface area contributed by atoms with Crippen LogP contribution in [0.15, 0.2) is 97.1 Å². The third kappa shape index (κ3) is 3.28. The average Bonchev–Trinajstić information content (AvgIpc) is 3.48. The Hall–Kier alpha value is -4.48. The van der Waals surface area contributed by atoms with Crippen molar-refractivity contribution in [3.63, 3.8) is 0 Å². The van der Waals surface area contributed by atoms with Crippen LogP contribution < -0.4 is 0 Å². The molecule has 0 unspecified atom stereocenters. The van der Waals surface area contributed by atoms with E-state index in [0.717, 1.165) is 22.3 Å². The second-order valence-electron chi connectivity index (χ2n) is 8.85. The van der Waals surface area contributed by atoms with Crippen molar-refractivity contribution in [1.29, 1.82) is 10.5 Å². The molecule has 7 rings (SSSR count). The van der Waals surface area contributed by atoms with Crippen LogP contribution in [0.2, 0.25) is 0 Å². The van der Waals surface area contributed by atoms with E-state index in [1.807, 2.05) is 71.2 Å². The minimum Gasteiger partial charge on any atom is -0.192 e. The molecule has 5 aromatic carbocycles. The lowest BCUT2D eigenvalue weighted by Crippen LogP contribution is -1.79. The van der Waals surface area contributed by atoms with E-state index in [1.54, 1.807) is 0 Å². The third-order valence-electron chi connectivity index (χ3n) is 6.76. The molecule has 0 bridgehead atoms. The van der Waals surface area contributed by atoms with Gasteiger partial charge in [-0.15, -0.1) is 22.7 Å². The fourth-order valence-corrected chi connectivity index (χ4v) is 7.09. The molecule has 0 aliphatic heterocycles. The van der Waals surface area contributed by atoms with Gasteiger partial charge in [-0.3, -0.25) is 0 Å². The number of nitrogens with zero attached hydrogens (tertiary/aromatic N) is 2. The summed E-state index contributed by atoms with van der Waals surface area (Å²) in [5.41, 5.74) is 5.91. The second-order valence-corrected chi connectivity index (χ2v) is 11.0. The zero-order valence-electron chi connectivity index (χ0n) is 18.9.